The van der Waals surface area contributed by atoms with Gasteiger partial charge in [-0.15, -0.1) is 0 Å². The van der Waals surface area contributed by atoms with Gasteiger partial charge in [0.2, 0.25) is 28.6 Å². The Labute approximate surface area is 306 Å². The molecule has 0 spiro atoms. The first-order valence-corrected chi connectivity index (χ1v) is 16.0. The molecule has 0 aliphatic carbocycles. The number of β-lactam (4-membered cyclic amide) rings is 1. The van der Waals surface area contributed by atoms with Gasteiger partial charge >= 0.3 is 53.3 Å². The largest absolute Gasteiger partial charge is 1.00 e. The topological polar surface area (TPSA) is 266 Å². The Hall–Kier alpha value is -4.60. The summed E-state index contributed by atoms with van der Waals surface area (Å²) in [5.41, 5.74) is -0.279. The molecular weight excluding hydrogens is 699 g/mol. The number of nitrogens with one attached hydrogen (secondary N) is 2. The molecule has 1 aromatic carbocycles. The summed E-state index contributed by atoms with van der Waals surface area (Å²) < 4.78 is 35.5. The molecule has 50 heavy (non-hydrogen) atoms. The minimum Gasteiger partial charge on any atom is -0.548 e. The number of amides is 6. The van der Waals surface area contributed by atoms with Crippen LogP contribution in [-0.2, 0) is 53.0 Å². The molecule has 3 heterocycles. The van der Waals surface area contributed by atoms with Crippen LogP contribution in [0.15, 0.2) is 18.2 Å². The summed E-state index contributed by atoms with van der Waals surface area (Å²) in [5.74, 6) is -9.37. The summed E-state index contributed by atoms with van der Waals surface area (Å²) in [7, 11) is -4.89. The van der Waals surface area contributed by atoms with Gasteiger partial charge in [-0.2, -0.15) is 0 Å². The third kappa shape index (κ3) is 6.07. The molecule has 2 N–H and O–H groups in total. The molecule has 22 heteroatoms. The first-order valence-electron chi connectivity index (χ1n) is 14.5. The van der Waals surface area contributed by atoms with Gasteiger partial charge < -0.3 is 34.9 Å². The Morgan fingerprint density at radius 2 is 1.64 bits per heavy atom. The van der Waals surface area contributed by atoms with Gasteiger partial charge in [-0.05, 0) is 38.5 Å². The van der Waals surface area contributed by atoms with Crippen LogP contribution in [0.1, 0.15) is 46.2 Å². The number of carboxylic acid groups (broad SMARTS) is 1. The van der Waals surface area contributed by atoms with E-state index in [4.69, 9.17) is 9.47 Å². The molecule has 2 unspecified atom stereocenters. The average Bonchev–Trinajstić information content (AvgIpc) is 3.13. The van der Waals surface area contributed by atoms with E-state index in [0.717, 1.165) is 45.9 Å². The molecule has 20 nitrogen and oxygen atoms in total. The zero-order chi connectivity index (χ0) is 36.8. The van der Waals surface area contributed by atoms with Crippen LogP contribution in [-0.4, -0.2) is 124 Å². The van der Waals surface area contributed by atoms with Crippen molar-refractivity contribution in [1.29, 1.82) is 0 Å². The number of hydrogen-bond acceptors (Lipinski definition) is 14. The van der Waals surface area contributed by atoms with Crippen LogP contribution in [0, 0.1) is 0 Å². The van der Waals surface area contributed by atoms with Crippen molar-refractivity contribution < 1.29 is 95.7 Å². The fourth-order valence-corrected chi connectivity index (χ4v) is 8.55. The van der Waals surface area contributed by atoms with Crippen LogP contribution < -0.4 is 54.8 Å². The zero-order valence-electron chi connectivity index (χ0n) is 27.7. The third-order valence-corrected chi connectivity index (χ3v) is 11.4. The van der Waals surface area contributed by atoms with Crippen LogP contribution >= 0.6 is 0 Å². The zero-order valence-corrected chi connectivity index (χ0v) is 30.5. The Balaban J connectivity index is 0.00000676. The van der Waals surface area contributed by atoms with Gasteiger partial charge in [0.05, 0.1) is 23.3 Å². The summed E-state index contributed by atoms with van der Waals surface area (Å²) >= 11 is 0. The van der Waals surface area contributed by atoms with Crippen molar-refractivity contribution in [2.24, 2.45) is 0 Å². The minimum absolute atomic E-state index is 0. The number of hydrogen-bond donors (Lipinski definition) is 2. The van der Waals surface area contributed by atoms with E-state index in [2.05, 4.69) is 5.32 Å². The predicted octanol–water partition coefficient (Wildman–Crippen LogP) is -7.30. The fraction of sp³-hybridized carbons (Fsp3) is 0.464. The Kier molecular flexibility index (Phi) is 11.4. The summed E-state index contributed by atoms with van der Waals surface area (Å²) in [5, 5.41) is 17.3. The number of sulfone groups is 1. The summed E-state index contributed by atoms with van der Waals surface area (Å²) in [6, 6.07) is -3.18. The number of nitrogens with zero attached hydrogens (tertiary/aromatic N) is 4. The van der Waals surface area contributed by atoms with Gasteiger partial charge in [0.1, 0.15) is 0 Å². The molecule has 4 rings (SSSR count). The van der Waals surface area contributed by atoms with Gasteiger partial charge in [-0.1, -0.05) is 6.07 Å². The van der Waals surface area contributed by atoms with Crippen LogP contribution in [0.4, 0.5) is 0 Å². The molecule has 3 saturated heterocycles. The number of carbonyl (C=O) groups is 9. The molecule has 3 aliphatic heterocycles. The molecule has 4 atom stereocenters. The summed E-state index contributed by atoms with van der Waals surface area (Å²) in [4.78, 5) is 112. The van der Waals surface area contributed by atoms with Crippen molar-refractivity contribution in [2.45, 2.75) is 62.5 Å². The molecule has 3 aliphatic rings. The van der Waals surface area contributed by atoms with Gasteiger partial charge in [0.15, 0.2) is 23.6 Å². The van der Waals surface area contributed by atoms with Crippen LogP contribution in [0.25, 0.3) is 0 Å². The number of likely N-dealkylation sites (N-methyl/N-ethyl adjacent to an activating group) is 1. The van der Waals surface area contributed by atoms with E-state index in [-0.39, 0.29) is 73.3 Å². The van der Waals surface area contributed by atoms with Crippen molar-refractivity contribution in [1.82, 2.24) is 30.5 Å². The van der Waals surface area contributed by atoms with E-state index < -0.39 is 85.0 Å². The van der Waals surface area contributed by atoms with Gasteiger partial charge in [0, 0.05) is 26.9 Å². The van der Waals surface area contributed by atoms with E-state index in [1.165, 1.54) is 4.90 Å². The second kappa shape index (κ2) is 14.3. The first kappa shape index (κ1) is 39.8. The van der Waals surface area contributed by atoms with E-state index >= 15 is 0 Å². The van der Waals surface area contributed by atoms with E-state index in [1.807, 2.05) is 5.32 Å². The summed E-state index contributed by atoms with van der Waals surface area (Å²) in [6.45, 7) is 5.35. The molecule has 264 valence electrons. The third-order valence-electron chi connectivity index (χ3n) is 8.39. The number of hydrazine groups is 1. The van der Waals surface area contributed by atoms with Gasteiger partial charge in [-0.3, -0.25) is 43.3 Å². The van der Waals surface area contributed by atoms with Crippen molar-refractivity contribution in [3.05, 3.63) is 23.8 Å². The average molecular weight is 731 g/mol. The van der Waals surface area contributed by atoms with Gasteiger partial charge in [0.25, 0.3) is 10.9 Å². The Morgan fingerprint density at radius 1 is 1.04 bits per heavy atom. The fourth-order valence-electron chi connectivity index (χ4n) is 6.13. The second-order valence-corrected chi connectivity index (χ2v) is 14.2. The van der Waals surface area contributed by atoms with E-state index in [9.17, 15) is 56.7 Å². The molecule has 0 aromatic heterocycles. The number of benzene rings is 1. The molecule has 6 amide bonds. The number of fused-ring (bicyclic) bond motifs is 1. The standard InChI is InChI=1S/C28H32N6O14S.Na/c1-6-31-9-10-32(25(42)24(31)41)33(13-36)19(16-7-8-17(47-14(2)37)18(11-16)48-15(3)38)22(39)30-20-23(40)34-21(26(43)44)27(4,5)49(45,46)28(20,34)29-12-35;/h7-8,11-13,19-21H,6,9-10H2,1-5H3,(H,29,35)(H,30,39)(H,43,44);/q;+1/p-1/t19?,20-,21-,28?;/m0./s1. The quantitative estimate of drug-likeness (QED) is 0.0506. The Bertz CT molecular complexity index is 1790. The number of piperazine rings is 1. The number of esters is 2. The molecule has 0 radical (unpaired) electrons. The smallest absolute Gasteiger partial charge is 0.548 e. The molecule has 1 aromatic rings. The maximum atomic E-state index is 14.2. The Morgan fingerprint density at radius 3 is 2.16 bits per heavy atom. The molecule has 3 fully saturated rings. The maximum Gasteiger partial charge on any atom is 1.00 e. The van der Waals surface area contributed by atoms with E-state index in [1.54, 1.807) is 6.92 Å². The number of aliphatic carboxylic acids is 1. The predicted molar refractivity (Wildman–Crippen MR) is 156 cm³/mol. The summed E-state index contributed by atoms with van der Waals surface area (Å²) in [6.07, 6.45) is -0.117. The van der Waals surface area contributed by atoms with Crippen LogP contribution in [0.5, 0.6) is 11.5 Å². The minimum atomic E-state index is -4.89. The first-order chi connectivity index (χ1) is 22.8. The van der Waals surface area contributed by atoms with Crippen molar-refractivity contribution in [3.63, 3.8) is 0 Å². The van der Waals surface area contributed by atoms with Crippen molar-refractivity contribution in [2.75, 3.05) is 19.6 Å². The normalized spacial score (nSPS) is 23.7. The number of rotatable bonds is 12. The SMILES string of the molecule is CCN1CCN(N(C=O)C(C(=O)N[C@H]2C(=O)N3[C@@H](C(=O)[O-])C(C)(C)S(=O)(=O)C23NC=O)c2ccc(OC(C)=O)c(OC(C)=O)c2)C(=O)C1=O.[Na+]. The van der Waals surface area contributed by atoms with Crippen LogP contribution in [0.3, 0.4) is 0 Å². The van der Waals surface area contributed by atoms with Crippen molar-refractivity contribution in [3.8, 4) is 11.5 Å². The molecule has 0 bridgehead atoms. The van der Waals surface area contributed by atoms with Crippen molar-refractivity contribution >= 4 is 64.2 Å². The second-order valence-electron chi connectivity index (χ2n) is 11.5. The van der Waals surface area contributed by atoms with Crippen LogP contribution in [0.2, 0.25) is 0 Å². The van der Waals surface area contributed by atoms with Gasteiger partial charge in [-0.25, -0.2) is 18.4 Å². The van der Waals surface area contributed by atoms with E-state index in [0.29, 0.717) is 14.9 Å². The number of carbonyl (C=O) groups excluding carboxylic acids is 9. The number of ether oxygens (including phenoxy) is 2. The number of carboxylic acids is 1. The maximum absolute atomic E-state index is 14.2. The molecular formula is C28H31N6NaO14S. The molecule has 0 saturated carbocycles. The monoisotopic (exact) mass is 730 g/mol.